The summed E-state index contributed by atoms with van der Waals surface area (Å²) in [6.07, 6.45) is 7.34. The van der Waals surface area contributed by atoms with E-state index in [0.717, 1.165) is 37.0 Å². The van der Waals surface area contributed by atoms with E-state index in [9.17, 15) is 9.59 Å². The minimum absolute atomic E-state index is 0.0251. The second-order valence-corrected chi connectivity index (χ2v) is 8.23. The summed E-state index contributed by atoms with van der Waals surface area (Å²) in [5, 5.41) is 0. The van der Waals surface area contributed by atoms with E-state index in [2.05, 4.69) is 0 Å². The summed E-state index contributed by atoms with van der Waals surface area (Å²) >= 11 is 0. The third-order valence-electron chi connectivity index (χ3n) is 5.51. The number of ether oxygens (including phenoxy) is 1. The second-order valence-electron chi connectivity index (χ2n) is 8.23. The minimum atomic E-state index is -0.660. The first-order valence-electron chi connectivity index (χ1n) is 8.01. The van der Waals surface area contributed by atoms with Crippen LogP contribution in [-0.4, -0.2) is 17.4 Å². The molecular weight excluding hydrogens is 252 g/mol. The lowest BCUT2D eigenvalue weighted by atomic mass is 9.49. The molecular formula is C17H26O3. The maximum atomic E-state index is 12.8. The van der Waals surface area contributed by atoms with Crippen molar-refractivity contribution in [2.75, 3.05) is 0 Å². The molecule has 0 spiro atoms. The van der Waals surface area contributed by atoms with Gasteiger partial charge in [0.2, 0.25) is 0 Å². The lowest BCUT2D eigenvalue weighted by Gasteiger charge is -2.55. The molecule has 0 aromatic rings. The molecule has 20 heavy (non-hydrogen) atoms. The number of ketones is 1. The maximum absolute atomic E-state index is 12.8. The summed E-state index contributed by atoms with van der Waals surface area (Å²) in [5.74, 6) is 2.27. The molecule has 0 aliphatic heterocycles. The van der Waals surface area contributed by atoms with Crippen LogP contribution in [0.4, 0.5) is 0 Å². The van der Waals surface area contributed by atoms with E-state index >= 15 is 0 Å². The zero-order valence-electron chi connectivity index (χ0n) is 12.9. The smallest absolute Gasteiger partial charge is 0.312 e. The molecule has 0 radical (unpaired) electrons. The van der Waals surface area contributed by atoms with E-state index in [0.29, 0.717) is 6.42 Å². The van der Waals surface area contributed by atoms with Crippen molar-refractivity contribution in [1.29, 1.82) is 0 Å². The zero-order valence-corrected chi connectivity index (χ0v) is 12.9. The number of hydrogen-bond donors (Lipinski definition) is 0. The van der Waals surface area contributed by atoms with Crippen LogP contribution in [0.1, 0.15) is 65.7 Å². The fourth-order valence-corrected chi connectivity index (χ4v) is 5.36. The topological polar surface area (TPSA) is 43.4 Å². The largest absolute Gasteiger partial charge is 0.459 e. The lowest BCUT2D eigenvalue weighted by molar-refractivity contribution is -0.184. The molecule has 4 bridgehead atoms. The first-order valence-corrected chi connectivity index (χ1v) is 8.01. The van der Waals surface area contributed by atoms with Gasteiger partial charge in [-0.1, -0.05) is 0 Å². The van der Waals surface area contributed by atoms with Crippen LogP contribution in [0.2, 0.25) is 0 Å². The van der Waals surface area contributed by atoms with E-state index in [4.69, 9.17) is 4.74 Å². The van der Waals surface area contributed by atoms with Crippen LogP contribution < -0.4 is 0 Å². The van der Waals surface area contributed by atoms with Gasteiger partial charge in [-0.3, -0.25) is 9.59 Å². The number of Topliss-reactive ketones (excluding diaryl/α,β-unsaturated/α-hetero) is 1. The summed E-state index contributed by atoms with van der Waals surface area (Å²) in [7, 11) is 0. The highest BCUT2D eigenvalue weighted by molar-refractivity contribution is 5.80. The number of carbonyl (C=O) groups is 2. The molecule has 0 heterocycles. The van der Waals surface area contributed by atoms with Gasteiger partial charge in [0.05, 0.1) is 5.41 Å². The SMILES string of the molecule is CC(=O)CC(C)(C)OC(=O)C12CC3CC(CC(C3)C1)C2. The van der Waals surface area contributed by atoms with Crippen molar-refractivity contribution < 1.29 is 14.3 Å². The molecule has 0 amide bonds. The highest BCUT2D eigenvalue weighted by atomic mass is 16.6. The fourth-order valence-electron chi connectivity index (χ4n) is 5.36. The Balaban J connectivity index is 1.72. The van der Waals surface area contributed by atoms with Gasteiger partial charge in [0.25, 0.3) is 0 Å². The van der Waals surface area contributed by atoms with Gasteiger partial charge in [0.1, 0.15) is 11.4 Å². The molecule has 0 N–H and O–H groups in total. The van der Waals surface area contributed by atoms with Gasteiger partial charge in [-0.05, 0) is 77.0 Å². The summed E-state index contributed by atoms with van der Waals surface area (Å²) < 4.78 is 5.77. The van der Waals surface area contributed by atoms with Crippen LogP contribution in [-0.2, 0) is 14.3 Å². The monoisotopic (exact) mass is 278 g/mol. The summed E-state index contributed by atoms with van der Waals surface area (Å²) in [5.41, 5.74) is -0.880. The molecule has 0 unspecified atom stereocenters. The number of hydrogen-bond acceptors (Lipinski definition) is 3. The number of rotatable bonds is 4. The third-order valence-corrected chi connectivity index (χ3v) is 5.51. The Morgan fingerprint density at radius 2 is 1.50 bits per heavy atom. The quantitative estimate of drug-likeness (QED) is 0.739. The van der Waals surface area contributed by atoms with Crippen molar-refractivity contribution in [3.8, 4) is 0 Å². The van der Waals surface area contributed by atoms with E-state index in [-0.39, 0.29) is 17.2 Å². The van der Waals surface area contributed by atoms with Crippen LogP contribution in [0.15, 0.2) is 0 Å². The third kappa shape index (κ3) is 2.51. The summed E-state index contributed by atoms with van der Waals surface area (Å²) in [4.78, 5) is 24.1. The molecule has 112 valence electrons. The molecule has 0 aromatic heterocycles. The molecule has 0 saturated heterocycles. The normalized spacial score (nSPS) is 38.9. The Labute approximate surface area is 121 Å². The van der Waals surface area contributed by atoms with E-state index in [1.165, 1.54) is 19.3 Å². The number of esters is 1. The van der Waals surface area contributed by atoms with Crippen LogP contribution >= 0.6 is 0 Å². The van der Waals surface area contributed by atoms with Gasteiger partial charge in [-0.2, -0.15) is 0 Å². The van der Waals surface area contributed by atoms with Gasteiger partial charge < -0.3 is 4.74 Å². The van der Waals surface area contributed by atoms with Gasteiger partial charge in [0.15, 0.2) is 0 Å². The van der Waals surface area contributed by atoms with Crippen molar-refractivity contribution in [1.82, 2.24) is 0 Å². The molecule has 4 aliphatic carbocycles. The van der Waals surface area contributed by atoms with Crippen LogP contribution in [0.5, 0.6) is 0 Å². The van der Waals surface area contributed by atoms with E-state index in [1.54, 1.807) is 6.92 Å². The molecule has 4 saturated carbocycles. The van der Waals surface area contributed by atoms with Gasteiger partial charge in [0, 0.05) is 6.42 Å². The Hall–Kier alpha value is -0.860. The van der Waals surface area contributed by atoms with E-state index < -0.39 is 5.60 Å². The van der Waals surface area contributed by atoms with Crippen LogP contribution in [0.3, 0.4) is 0 Å². The maximum Gasteiger partial charge on any atom is 0.312 e. The highest BCUT2D eigenvalue weighted by Gasteiger charge is 2.56. The van der Waals surface area contributed by atoms with E-state index in [1.807, 2.05) is 13.8 Å². The first kappa shape index (κ1) is 14.1. The standard InChI is InChI=1S/C17H26O3/c1-11(18)7-16(2,3)20-15(19)17-8-12-4-13(9-17)6-14(5-12)10-17/h12-14H,4-10H2,1-3H3. The van der Waals surface area contributed by atoms with Gasteiger partial charge >= 0.3 is 5.97 Å². The van der Waals surface area contributed by atoms with Crippen molar-refractivity contribution in [2.24, 2.45) is 23.2 Å². The molecule has 3 nitrogen and oxygen atoms in total. The molecule has 4 rings (SSSR count). The summed E-state index contributed by atoms with van der Waals surface area (Å²) in [6, 6.07) is 0. The van der Waals surface area contributed by atoms with Crippen molar-refractivity contribution in [3.63, 3.8) is 0 Å². The molecule has 0 aromatic carbocycles. The zero-order chi connectivity index (χ0) is 14.5. The minimum Gasteiger partial charge on any atom is -0.459 e. The molecule has 4 aliphatic rings. The average Bonchev–Trinajstić information content (AvgIpc) is 2.23. The Morgan fingerprint density at radius 1 is 1.05 bits per heavy atom. The second kappa shape index (κ2) is 4.57. The van der Waals surface area contributed by atoms with Crippen molar-refractivity contribution in [3.05, 3.63) is 0 Å². The predicted octanol–water partition coefficient (Wildman–Crippen LogP) is 3.50. The van der Waals surface area contributed by atoms with Gasteiger partial charge in [-0.15, -0.1) is 0 Å². The fraction of sp³-hybridized carbons (Fsp3) is 0.882. The lowest BCUT2D eigenvalue weighted by Crippen LogP contribution is -2.52. The van der Waals surface area contributed by atoms with Crippen LogP contribution in [0, 0.1) is 23.2 Å². The average molecular weight is 278 g/mol. The Kier molecular flexibility index (Phi) is 3.22. The number of carbonyl (C=O) groups excluding carboxylic acids is 2. The molecule has 3 heteroatoms. The summed E-state index contributed by atoms with van der Waals surface area (Å²) in [6.45, 7) is 5.26. The molecule has 4 fully saturated rings. The van der Waals surface area contributed by atoms with Gasteiger partial charge in [-0.25, -0.2) is 0 Å². The Bertz CT molecular complexity index is 400. The first-order chi connectivity index (χ1) is 9.28. The van der Waals surface area contributed by atoms with Crippen molar-refractivity contribution in [2.45, 2.75) is 71.3 Å². The van der Waals surface area contributed by atoms with Crippen molar-refractivity contribution >= 4 is 11.8 Å². The predicted molar refractivity (Wildman–Crippen MR) is 76.1 cm³/mol. The molecule has 0 atom stereocenters. The van der Waals surface area contributed by atoms with Crippen LogP contribution in [0.25, 0.3) is 0 Å². The Morgan fingerprint density at radius 3 is 1.90 bits per heavy atom. The highest BCUT2D eigenvalue weighted by Crippen LogP contribution is 2.60.